The van der Waals surface area contributed by atoms with E-state index in [2.05, 4.69) is 15.6 Å². The Morgan fingerprint density at radius 1 is 1.38 bits per heavy atom. The molecule has 1 aromatic rings. The van der Waals surface area contributed by atoms with E-state index in [9.17, 15) is 9.59 Å². The first-order valence-corrected chi connectivity index (χ1v) is 7.47. The summed E-state index contributed by atoms with van der Waals surface area (Å²) in [6.45, 7) is 4.95. The number of H-pyrrole nitrogens is 1. The van der Waals surface area contributed by atoms with Crippen molar-refractivity contribution >= 4 is 5.91 Å². The first-order valence-electron chi connectivity index (χ1n) is 7.47. The summed E-state index contributed by atoms with van der Waals surface area (Å²) in [5.41, 5.74) is 0.547. The van der Waals surface area contributed by atoms with Crippen LogP contribution < -0.4 is 16.2 Å². The maximum atomic E-state index is 11.9. The van der Waals surface area contributed by atoms with Crippen molar-refractivity contribution in [3.63, 3.8) is 0 Å². The van der Waals surface area contributed by atoms with E-state index < -0.39 is 0 Å². The molecule has 6 nitrogen and oxygen atoms in total. The van der Waals surface area contributed by atoms with Crippen LogP contribution >= 0.6 is 0 Å². The average Bonchev–Trinajstić information content (AvgIpc) is 2.47. The summed E-state index contributed by atoms with van der Waals surface area (Å²) in [7, 11) is 0. The largest absolute Gasteiger partial charge is 0.378 e. The summed E-state index contributed by atoms with van der Waals surface area (Å²) < 4.78 is 5.75. The zero-order chi connectivity index (χ0) is 15.1. The van der Waals surface area contributed by atoms with E-state index in [0.29, 0.717) is 19.3 Å². The number of ether oxygens (including phenoxy) is 1. The molecule has 2 heterocycles. The molecule has 0 aromatic carbocycles. The van der Waals surface area contributed by atoms with E-state index in [-0.39, 0.29) is 17.0 Å². The SMILES string of the molecule is Cc1ccc(C(=O)NCCCOC2CCNCC2)c(=O)[nH]1. The van der Waals surface area contributed by atoms with Crippen LogP contribution in [0.15, 0.2) is 16.9 Å². The lowest BCUT2D eigenvalue weighted by Crippen LogP contribution is -2.33. The Morgan fingerprint density at radius 3 is 2.86 bits per heavy atom. The van der Waals surface area contributed by atoms with E-state index >= 15 is 0 Å². The van der Waals surface area contributed by atoms with Gasteiger partial charge in [-0.25, -0.2) is 0 Å². The van der Waals surface area contributed by atoms with Crippen LogP contribution in [0.2, 0.25) is 0 Å². The van der Waals surface area contributed by atoms with Gasteiger partial charge in [-0.3, -0.25) is 9.59 Å². The zero-order valence-corrected chi connectivity index (χ0v) is 12.4. The van der Waals surface area contributed by atoms with Gasteiger partial charge in [0.05, 0.1) is 6.10 Å². The van der Waals surface area contributed by atoms with E-state index in [1.807, 2.05) is 0 Å². The van der Waals surface area contributed by atoms with Gasteiger partial charge in [-0.1, -0.05) is 0 Å². The average molecular weight is 293 g/mol. The van der Waals surface area contributed by atoms with Crippen LogP contribution in [-0.2, 0) is 4.74 Å². The number of amides is 1. The van der Waals surface area contributed by atoms with Crippen LogP contribution in [0.3, 0.4) is 0 Å². The molecule has 1 amide bonds. The highest BCUT2D eigenvalue weighted by Crippen LogP contribution is 2.07. The molecule has 2 rings (SSSR count). The van der Waals surface area contributed by atoms with E-state index in [1.165, 1.54) is 0 Å². The van der Waals surface area contributed by atoms with Gasteiger partial charge in [-0.15, -0.1) is 0 Å². The third-order valence-corrected chi connectivity index (χ3v) is 3.55. The summed E-state index contributed by atoms with van der Waals surface area (Å²) in [4.78, 5) is 26.1. The van der Waals surface area contributed by atoms with Crippen molar-refractivity contribution in [2.45, 2.75) is 32.3 Å². The van der Waals surface area contributed by atoms with Crippen molar-refractivity contribution < 1.29 is 9.53 Å². The van der Waals surface area contributed by atoms with Gasteiger partial charge in [0, 0.05) is 18.8 Å². The number of aromatic nitrogens is 1. The second kappa shape index (κ2) is 7.95. The van der Waals surface area contributed by atoms with Crippen molar-refractivity contribution in [1.29, 1.82) is 0 Å². The normalized spacial score (nSPS) is 15.9. The summed E-state index contributed by atoms with van der Waals surface area (Å²) in [6, 6.07) is 3.27. The Kier molecular flexibility index (Phi) is 5.95. The molecule has 1 aromatic heterocycles. The first-order chi connectivity index (χ1) is 10.2. The van der Waals surface area contributed by atoms with Crippen molar-refractivity contribution in [2.75, 3.05) is 26.2 Å². The highest BCUT2D eigenvalue weighted by atomic mass is 16.5. The molecule has 0 bridgehead atoms. The molecular formula is C15H23N3O3. The molecule has 116 valence electrons. The number of aryl methyl sites for hydroxylation is 1. The van der Waals surface area contributed by atoms with Crippen molar-refractivity contribution in [1.82, 2.24) is 15.6 Å². The van der Waals surface area contributed by atoms with Gasteiger partial charge in [0.25, 0.3) is 11.5 Å². The summed E-state index contributed by atoms with van der Waals surface area (Å²) in [6.07, 6.45) is 3.18. The second-order valence-corrected chi connectivity index (χ2v) is 5.31. The van der Waals surface area contributed by atoms with Crippen LogP contribution in [-0.4, -0.2) is 43.2 Å². The van der Waals surface area contributed by atoms with Crippen molar-refractivity contribution in [3.8, 4) is 0 Å². The lowest BCUT2D eigenvalue weighted by molar-refractivity contribution is 0.0318. The Balaban J connectivity index is 1.66. The first kappa shape index (κ1) is 15.7. The molecule has 0 aliphatic carbocycles. The molecule has 0 unspecified atom stereocenters. The topological polar surface area (TPSA) is 83.2 Å². The highest BCUT2D eigenvalue weighted by Gasteiger charge is 2.13. The molecule has 0 saturated carbocycles. The number of pyridine rings is 1. The summed E-state index contributed by atoms with van der Waals surface area (Å²) in [5, 5.41) is 6.03. The van der Waals surface area contributed by atoms with Crippen molar-refractivity contribution in [2.24, 2.45) is 0 Å². The quantitative estimate of drug-likeness (QED) is 0.670. The molecular weight excluding hydrogens is 270 g/mol. The molecule has 0 radical (unpaired) electrons. The van der Waals surface area contributed by atoms with Crippen LogP contribution in [0.5, 0.6) is 0 Å². The number of carbonyl (C=O) groups is 1. The Labute approximate surface area is 124 Å². The molecule has 6 heteroatoms. The third-order valence-electron chi connectivity index (χ3n) is 3.55. The Morgan fingerprint density at radius 2 is 2.14 bits per heavy atom. The lowest BCUT2D eigenvalue weighted by atomic mass is 10.1. The van der Waals surface area contributed by atoms with Gasteiger partial charge in [0.1, 0.15) is 5.56 Å². The van der Waals surface area contributed by atoms with Crippen LogP contribution in [0, 0.1) is 6.92 Å². The van der Waals surface area contributed by atoms with E-state index in [0.717, 1.165) is 38.0 Å². The van der Waals surface area contributed by atoms with Gasteiger partial charge in [-0.05, 0) is 51.4 Å². The lowest BCUT2D eigenvalue weighted by Gasteiger charge is -2.22. The summed E-state index contributed by atoms with van der Waals surface area (Å²) in [5.74, 6) is -0.335. The molecule has 0 spiro atoms. The molecule has 3 N–H and O–H groups in total. The summed E-state index contributed by atoms with van der Waals surface area (Å²) >= 11 is 0. The number of nitrogens with one attached hydrogen (secondary N) is 3. The minimum atomic E-state index is -0.349. The molecule has 0 atom stereocenters. The van der Waals surface area contributed by atoms with Gasteiger partial charge >= 0.3 is 0 Å². The fourth-order valence-corrected chi connectivity index (χ4v) is 2.33. The monoisotopic (exact) mass is 293 g/mol. The Hall–Kier alpha value is -1.66. The number of aromatic amines is 1. The van der Waals surface area contributed by atoms with E-state index in [1.54, 1.807) is 19.1 Å². The van der Waals surface area contributed by atoms with Gasteiger partial charge in [0.15, 0.2) is 0 Å². The molecule has 1 fully saturated rings. The number of rotatable bonds is 6. The second-order valence-electron chi connectivity index (χ2n) is 5.31. The molecule has 1 aliphatic rings. The van der Waals surface area contributed by atoms with Gasteiger partial charge < -0.3 is 20.4 Å². The van der Waals surface area contributed by atoms with Gasteiger partial charge in [-0.2, -0.15) is 0 Å². The maximum absolute atomic E-state index is 11.9. The van der Waals surface area contributed by atoms with Gasteiger partial charge in [0.2, 0.25) is 0 Å². The minimum absolute atomic E-state index is 0.153. The van der Waals surface area contributed by atoms with Crippen molar-refractivity contribution in [3.05, 3.63) is 33.7 Å². The number of hydrogen-bond donors (Lipinski definition) is 3. The number of hydrogen-bond acceptors (Lipinski definition) is 4. The number of carbonyl (C=O) groups excluding carboxylic acids is 1. The minimum Gasteiger partial charge on any atom is -0.378 e. The predicted molar refractivity (Wildman–Crippen MR) is 80.6 cm³/mol. The third kappa shape index (κ3) is 4.99. The van der Waals surface area contributed by atoms with E-state index in [4.69, 9.17) is 4.74 Å². The smallest absolute Gasteiger partial charge is 0.260 e. The highest BCUT2D eigenvalue weighted by molar-refractivity contribution is 5.93. The van der Waals surface area contributed by atoms with Crippen LogP contribution in [0.4, 0.5) is 0 Å². The number of piperidine rings is 1. The Bertz CT molecular complexity index is 521. The molecule has 21 heavy (non-hydrogen) atoms. The molecule has 1 saturated heterocycles. The standard InChI is InChI=1S/C15H23N3O3/c1-11-3-4-13(15(20)18-11)14(19)17-7-2-10-21-12-5-8-16-9-6-12/h3-4,12,16H,2,5-10H2,1H3,(H,17,19)(H,18,20). The zero-order valence-electron chi connectivity index (χ0n) is 12.4. The maximum Gasteiger partial charge on any atom is 0.260 e. The van der Waals surface area contributed by atoms with Crippen LogP contribution in [0.1, 0.15) is 35.3 Å². The molecule has 1 aliphatic heterocycles. The predicted octanol–water partition coefficient (Wildman–Crippen LogP) is 0.572. The van der Waals surface area contributed by atoms with Crippen LogP contribution in [0.25, 0.3) is 0 Å². The fraction of sp³-hybridized carbons (Fsp3) is 0.600. The fourth-order valence-electron chi connectivity index (χ4n) is 2.33.